The van der Waals surface area contributed by atoms with Gasteiger partial charge in [-0.3, -0.25) is 0 Å². The average molecular weight is 262 g/mol. The lowest BCUT2D eigenvalue weighted by Crippen LogP contribution is -2.39. The van der Waals surface area contributed by atoms with E-state index in [1.807, 2.05) is 18.2 Å². The summed E-state index contributed by atoms with van der Waals surface area (Å²) in [7, 11) is 2.88. The molecule has 0 radical (unpaired) electrons. The third kappa shape index (κ3) is 3.80. The predicted molar refractivity (Wildman–Crippen MR) is 78.3 cm³/mol. The number of rotatable bonds is 5. The van der Waals surface area contributed by atoms with E-state index in [0.29, 0.717) is 11.5 Å². The number of hydrogen-bond donors (Lipinski definition) is 2. The number of likely N-dealkylation sites (N-methyl/N-ethyl adjacent to an activating group) is 2. The molecule has 5 heteroatoms. The van der Waals surface area contributed by atoms with E-state index in [1.54, 1.807) is 6.07 Å². The van der Waals surface area contributed by atoms with Gasteiger partial charge in [-0.15, -0.1) is 0 Å². The summed E-state index contributed by atoms with van der Waals surface area (Å²) in [5.41, 5.74) is 1.59. The summed E-state index contributed by atoms with van der Waals surface area (Å²) in [4.78, 5) is 4.66. The molecule has 104 valence electrons. The number of benzene rings is 1. The van der Waals surface area contributed by atoms with Crippen molar-refractivity contribution in [2.45, 2.75) is 25.4 Å². The Morgan fingerprint density at radius 1 is 1.37 bits per heavy atom. The average Bonchev–Trinajstić information content (AvgIpc) is 2.75. The van der Waals surface area contributed by atoms with Gasteiger partial charge >= 0.3 is 7.12 Å². The van der Waals surface area contributed by atoms with Crippen LogP contribution in [0.1, 0.15) is 18.4 Å². The van der Waals surface area contributed by atoms with Crippen molar-refractivity contribution in [3.8, 4) is 0 Å². The molecular formula is C14H23BN2O2. The van der Waals surface area contributed by atoms with Gasteiger partial charge in [-0.1, -0.05) is 24.3 Å². The fraction of sp³-hybridized carbons (Fsp3) is 0.571. The lowest BCUT2D eigenvalue weighted by Gasteiger charge is -2.26. The summed E-state index contributed by atoms with van der Waals surface area (Å²) in [6.07, 6.45) is 2.53. The van der Waals surface area contributed by atoms with Crippen LogP contribution in [0.25, 0.3) is 0 Å². The summed E-state index contributed by atoms with van der Waals surface area (Å²) in [5.74, 6) is 0. The Labute approximate surface area is 115 Å². The first-order valence-corrected chi connectivity index (χ1v) is 6.90. The van der Waals surface area contributed by atoms with Crippen LogP contribution >= 0.6 is 0 Å². The van der Waals surface area contributed by atoms with Gasteiger partial charge in [0.05, 0.1) is 0 Å². The maximum Gasteiger partial charge on any atom is 0.488 e. The van der Waals surface area contributed by atoms with E-state index in [4.69, 9.17) is 0 Å². The number of nitrogens with zero attached hydrogens (tertiary/aromatic N) is 2. The first kappa shape index (κ1) is 14.5. The van der Waals surface area contributed by atoms with Crippen LogP contribution < -0.4 is 5.46 Å². The van der Waals surface area contributed by atoms with Crippen molar-refractivity contribution in [1.82, 2.24) is 9.80 Å². The monoisotopic (exact) mass is 262 g/mol. The molecule has 1 aromatic rings. The second-order valence-corrected chi connectivity index (χ2v) is 5.55. The smallest absolute Gasteiger partial charge is 0.423 e. The summed E-state index contributed by atoms with van der Waals surface area (Å²) in [5, 5.41) is 18.7. The van der Waals surface area contributed by atoms with Crippen molar-refractivity contribution in [2.24, 2.45) is 0 Å². The van der Waals surface area contributed by atoms with Crippen LogP contribution in [0.2, 0.25) is 0 Å². The molecule has 0 aromatic heterocycles. The van der Waals surface area contributed by atoms with Crippen LogP contribution in [0, 0.1) is 0 Å². The normalized spacial score (nSPS) is 20.2. The first-order valence-electron chi connectivity index (χ1n) is 6.90. The molecular weight excluding hydrogens is 239 g/mol. The fourth-order valence-electron chi connectivity index (χ4n) is 2.86. The van der Waals surface area contributed by atoms with Gasteiger partial charge in [0.1, 0.15) is 0 Å². The highest BCUT2D eigenvalue weighted by atomic mass is 16.4. The van der Waals surface area contributed by atoms with Crippen molar-refractivity contribution >= 4 is 12.6 Å². The van der Waals surface area contributed by atoms with E-state index in [-0.39, 0.29) is 0 Å². The van der Waals surface area contributed by atoms with Gasteiger partial charge in [0.15, 0.2) is 0 Å². The molecule has 0 amide bonds. The van der Waals surface area contributed by atoms with Gasteiger partial charge in [0.2, 0.25) is 0 Å². The minimum absolute atomic E-state index is 0.606. The Hall–Kier alpha value is -0.875. The Morgan fingerprint density at radius 3 is 2.74 bits per heavy atom. The minimum Gasteiger partial charge on any atom is -0.423 e. The molecule has 0 saturated carbocycles. The maximum absolute atomic E-state index is 9.37. The largest absolute Gasteiger partial charge is 0.488 e. The second-order valence-electron chi connectivity index (χ2n) is 5.55. The summed E-state index contributed by atoms with van der Waals surface area (Å²) in [6.45, 7) is 2.95. The fourth-order valence-corrected chi connectivity index (χ4v) is 2.86. The summed E-state index contributed by atoms with van der Waals surface area (Å²) >= 11 is 0. The summed E-state index contributed by atoms with van der Waals surface area (Å²) in [6, 6.07) is 8.13. The van der Waals surface area contributed by atoms with Crippen LogP contribution in [0.5, 0.6) is 0 Å². The van der Waals surface area contributed by atoms with Crippen molar-refractivity contribution in [3.63, 3.8) is 0 Å². The summed E-state index contributed by atoms with van der Waals surface area (Å²) < 4.78 is 0. The highest BCUT2D eigenvalue weighted by Crippen LogP contribution is 2.16. The highest BCUT2D eigenvalue weighted by molar-refractivity contribution is 6.59. The molecule has 2 N–H and O–H groups in total. The molecule has 1 unspecified atom stereocenters. The topological polar surface area (TPSA) is 46.9 Å². The Bertz CT molecular complexity index is 414. The van der Waals surface area contributed by atoms with Gasteiger partial charge in [0.25, 0.3) is 0 Å². The third-order valence-electron chi connectivity index (χ3n) is 3.97. The Kier molecular flexibility index (Phi) is 4.99. The standard InChI is InChI=1S/C14H23BN2O2/c1-16(11-13-7-5-9-17(13)2)10-12-6-3-4-8-14(12)15(18)19/h3-4,6,8,13,18-19H,5,7,9-11H2,1-2H3. The molecule has 0 aliphatic carbocycles. The van der Waals surface area contributed by atoms with Crippen LogP contribution in [0.4, 0.5) is 0 Å². The zero-order valence-electron chi connectivity index (χ0n) is 11.8. The molecule has 1 aliphatic heterocycles. The van der Waals surface area contributed by atoms with Crippen LogP contribution in [-0.2, 0) is 6.54 Å². The van der Waals surface area contributed by atoms with Crippen LogP contribution in [0.3, 0.4) is 0 Å². The van der Waals surface area contributed by atoms with E-state index in [9.17, 15) is 10.0 Å². The van der Waals surface area contributed by atoms with Crippen molar-refractivity contribution < 1.29 is 10.0 Å². The molecule has 2 rings (SSSR count). The molecule has 1 heterocycles. The molecule has 1 aromatic carbocycles. The maximum atomic E-state index is 9.37. The second kappa shape index (κ2) is 6.52. The quantitative estimate of drug-likeness (QED) is 0.727. The highest BCUT2D eigenvalue weighted by Gasteiger charge is 2.23. The van der Waals surface area contributed by atoms with Gasteiger partial charge in [-0.25, -0.2) is 0 Å². The van der Waals surface area contributed by atoms with E-state index in [0.717, 1.165) is 18.7 Å². The molecule has 0 spiro atoms. The van der Waals surface area contributed by atoms with Gasteiger partial charge < -0.3 is 19.8 Å². The number of likely N-dealkylation sites (tertiary alicyclic amines) is 1. The first-order chi connectivity index (χ1) is 9.08. The zero-order chi connectivity index (χ0) is 13.8. The van der Waals surface area contributed by atoms with Gasteiger partial charge in [-0.05, 0) is 44.5 Å². The van der Waals surface area contributed by atoms with Gasteiger partial charge in [-0.2, -0.15) is 0 Å². The third-order valence-corrected chi connectivity index (χ3v) is 3.97. The lowest BCUT2D eigenvalue weighted by atomic mass is 9.77. The Balaban J connectivity index is 1.96. The molecule has 1 aliphatic rings. The Morgan fingerprint density at radius 2 is 2.11 bits per heavy atom. The SMILES string of the molecule is CN(Cc1ccccc1B(O)O)CC1CCCN1C. The molecule has 19 heavy (non-hydrogen) atoms. The van der Waals surface area contributed by atoms with Crippen molar-refractivity contribution in [3.05, 3.63) is 29.8 Å². The molecule has 1 fully saturated rings. The number of hydrogen-bond acceptors (Lipinski definition) is 4. The molecule has 4 nitrogen and oxygen atoms in total. The van der Waals surface area contributed by atoms with Gasteiger partial charge in [0, 0.05) is 19.1 Å². The van der Waals surface area contributed by atoms with Crippen molar-refractivity contribution in [2.75, 3.05) is 27.2 Å². The van der Waals surface area contributed by atoms with Crippen molar-refractivity contribution in [1.29, 1.82) is 0 Å². The zero-order valence-corrected chi connectivity index (χ0v) is 11.8. The van der Waals surface area contributed by atoms with E-state index in [2.05, 4.69) is 23.9 Å². The van der Waals surface area contributed by atoms with E-state index in [1.165, 1.54) is 19.4 Å². The van der Waals surface area contributed by atoms with Crippen LogP contribution in [-0.4, -0.2) is 60.2 Å². The molecule has 0 bridgehead atoms. The minimum atomic E-state index is -1.39. The predicted octanol–water partition coefficient (Wildman–Crippen LogP) is -0.108. The molecule has 1 atom stereocenters. The van der Waals surface area contributed by atoms with E-state index < -0.39 is 7.12 Å². The molecule has 1 saturated heterocycles. The lowest BCUT2D eigenvalue weighted by molar-refractivity contribution is 0.215. The van der Waals surface area contributed by atoms with E-state index >= 15 is 0 Å². The van der Waals surface area contributed by atoms with Crippen LogP contribution in [0.15, 0.2) is 24.3 Å².